The Balaban J connectivity index is 0.00000225. The quantitative estimate of drug-likeness (QED) is 0.832. The fraction of sp³-hybridized carbons (Fsp3) is 0.611. The molecule has 4 nitrogen and oxygen atoms in total. The molecule has 1 unspecified atom stereocenters. The molecule has 140 valence electrons. The fourth-order valence-corrected chi connectivity index (χ4v) is 3.96. The maximum Gasteiger partial charge on any atom is 0.262 e. The molecule has 3 rings (SSSR count). The summed E-state index contributed by atoms with van der Waals surface area (Å²) >= 11 is 0. The molecule has 1 amide bonds. The van der Waals surface area contributed by atoms with Gasteiger partial charge in [0.05, 0.1) is 19.7 Å². The standard InChI is InChI=1S/C18H24F2N2O2.ClH/c1-24-15-7-3-2-6-13(15)17(8-4-5-9-17)11-22-16(23)14-10-18(19,20)12-21-14;/h2-3,6-7,14,21H,4-5,8-12H2,1H3,(H,22,23);1H. The molecule has 2 fully saturated rings. The van der Waals surface area contributed by atoms with Crippen LogP contribution in [-0.4, -0.2) is 38.1 Å². The van der Waals surface area contributed by atoms with Gasteiger partial charge < -0.3 is 10.1 Å². The Labute approximate surface area is 153 Å². The third kappa shape index (κ3) is 4.23. The summed E-state index contributed by atoms with van der Waals surface area (Å²) < 4.78 is 32.0. The Morgan fingerprint density at radius 2 is 2.00 bits per heavy atom. The number of rotatable bonds is 5. The normalized spacial score (nSPS) is 23.7. The van der Waals surface area contributed by atoms with E-state index < -0.39 is 24.9 Å². The molecule has 0 aromatic heterocycles. The molecule has 1 aromatic rings. The van der Waals surface area contributed by atoms with Crippen LogP contribution in [-0.2, 0) is 10.2 Å². The molecule has 2 aliphatic rings. The fourth-order valence-electron chi connectivity index (χ4n) is 3.96. The molecular formula is C18H25ClF2N2O2. The van der Waals surface area contributed by atoms with Crippen LogP contribution in [0.4, 0.5) is 8.78 Å². The van der Waals surface area contributed by atoms with E-state index in [4.69, 9.17) is 4.74 Å². The van der Waals surface area contributed by atoms with Gasteiger partial charge in [-0.25, -0.2) is 8.78 Å². The summed E-state index contributed by atoms with van der Waals surface area (Å²) in [6, 6.07) is 7.05. The molecule has 0 radical (unpaired) electrons. The smallest absolute Gasteiger partial charge is 0.262 e. The second-order valence-electron chi connectivity index (χ2n) is 6.90. The molecule has 25 heavy (non-hydrogen) atoms. The summed E-state index contributed by atoms with van der Waals surface area (Å²) in [7, 11) is 1.64. The molecule has 1 atom stereocenters. The Morgan fingerprint density at radius 1 is 1.32 bits per heavy atom. The van der Waals surface area contributed by atoms with E-state index in [2.05, 4.69) is 10.6 Å². The lowest BCUT2D eigenvalue weighted by Crippen LogP contribution is -2.46. The number of methoxy groups -OCH3 is 1. The average Bonchev–Trinajstić information content (AvgIpc) is 3.20. The van der Waals surface area contributed by atoms with Crippen LogP contribution in [0, 0.1) is 0 Å². The monoisotopic (exact) mass is 374 g/mol. The van der Waals surface area contributed by atoms with Gasteiger partial charge in [-0.05, 0) is 18.9 Å². The number of halogens is 3. The predicted molar refractivity (Wildman–Crippen MR) is 94.8 cm³/mol. The lowest BCUT2D eigenvalue weighted by molar-refractivity contribution is -0.123. The zero-order chi connectivity index (χ0) is 17.2. The summed E-state index contributed by atoms with van der Waals surface area (Å²) in [5, 5.41) is 5.51. The predicted octanol–water partition coefficient (Wildman–Crippen LogP) is 3.04. The van der Waals surface area contributed by atoms with E-state index in [0.717, 1.165) is 37.0 Å². The lowest BCUT2D eigenvalue weighted by atomic mass is 9.78. The number of amides is 1. The minimum absolute atomic E-state index is 0. The van der Waals surface area contributed by atoms with Crippen LogP contribution in [0.3, 0.4) is 0 Å². The molecule has 1 heterocycles. The molecule has 7 heteroatoms. The van der Waals surface area contributed by atoms with Gasteiger partial charge in [0, 0.05) is 23.9 Å². The zero-order valence-electron chi connectivity index (χ0n) is 14.3. The highest BCUT2D eigenvalue weighted by Gasteiger charge is 2.43. The van der Waals surface area contributed by atoms with Gasteiger partial charge in [-0.1, -0.05) is 31.0 Å². The van der Waals surface area contributed by atoms with Crippen LogP contribution in [0.25, 0.3) is 0 Å². The van der Waals surface area contributed by atoms with Crippen molar-refractivity contribution in [3.8, 4) is 5.75 Å². The number of ether oxygens (including phenoxy) is 1. The van der Waals surface area contributed by atoms with Gasteiger partial charge in [0.2, 0.25) is 5.91 Å². The van der Waals surface area contributed by atoms with E-state index in [0.29, 0.717) is 6.54 Å². The zero-order valence-corrected chi connectivity index (χ0v) is 15.1. The van der Waals surface area contributed by atoms with Crippen molar-refractivity contribution in [3.05, 3.63) is 29.8 Å². The van der Waals surface area contributed by atoms with Crippen molar-refractivity contribution in [2.45, 2.75) is 49.5 Å². The number of benzene rings is 1. The Kier molecular flexibility index (Phi) is 6.27. The molecule has 1 aromatic carbocycles. The van der Waals surface area contributed by atoms with Gasteiger partial charge in [0.15, 0.2) is 0 Å². The van der Waals surface area contributed by atoms with Crippen molar-refractivity contribution in [1.82, 2.24) is 10.6 Å². The van der Waals surface area contributed by atoms with Crippen LogP contribution in [0.2, 0.25) is 0 Å². The maximum atomic E-state index is 13.3. The number of nitrogens with one attached hydrogen (secondary N) is 2. The van der Waals surface area contributed by atoms with Crippen LogP contribution >= 0.6 is 12.4 Å². The first-order chi connectivity index (χ1) is 11.5. The highest BCUT2D eigenvalue weighted by Crippen LogP contribution is 2.44. The molecule has 2 N–H and O–H groups in total. The third-order valence-corrected chi connectivity index (χ3v) is 5.27. The highest BCUT2D eigenvalue weighted by molar-refractivity contribution is 5.85. The first kappa shape index (κ1) is 19.9. The number of hydrogen-bond acceptors (Lipinski definition) is 3. The number of carbonyl (C=O) groups is 1. The number of para-hydroxylation sites is 1. The lowest BCUT2D eigenvalue weighted by Gasteiger charge is -2.31. The second kappa shape index (κ2) is 7.87. The Morgan fingerprint density at radius 3 is 2.60 bits per heavy atom. The highest BCUT2D eigenvalue weighted by atomic mass is 35.5. The molecule has 0 bridgehead atoms. The molecule has 1 saturated heterocycles. The topological polar surface area (TPSA) is 50.4 Å². The van der Waals surface area contributed by atoms with Crippen LogP contribution in [0.1, 0.15) is 37.7 Å². The van der Waals surface area contributed by atoms with E-state index >= 15 is 0 Å². The minimum Gasteiger partial charge on any atom is -0.496 e. The number of alkyl halides is 2. The van der Waals surface area contributed by atoms with Gasteiger partial charge in [-0.2, -0.15) is 0 Å². The third-order valence-electron chi connectivity index (χ3n) is 5.27. The van der Waals surface area contributed by atoms with Crippen LogP contribution in [0.5, 0.6) is 5.75 Å². The minimum atomic E-state index is -2.80. The maximum absolute atomic E-state index is 13.3. The van der Waals surface area contributed by atoms with Crippen molar-refractivity contribution in [1.29, 1.82) is 0 Å². The largest absolute Gasteiger partial charge is 0.496 e. The molecular weight excluding hydrogens is 350 g/mol. The van der Waals surface area contributed by atoms with Crippen molar-refractivity contribution >= 4 is 18.3 Å². The summed E-state index contributed by atoms with van der Waals surface area (Å²) in [6.07, 6.45) is 3.67. The van der Waals surface area contributed by atoms with Crippen molar-refractivity contribution in [2.24, 2.45) is 0 Å². The Hall–Kier alpha value is -1.40. The summed E-state index contributed by atoms with van der Waals surface area (Å²) in [6.45, 7) is 0.0265. The van der Waals surface area contributed by atoms with E-state index in [1.54, 1.807) is 7.11 Å². The number of carbonyl (C=O) groups excluding carboxylic acids is 1. The molecule has 1 aliphatic heterocycles. The molecule has 0 spiro atoms. The van der Waals surface area contributed by atoms with Gasteiger partial charge in [-0.3, -0.25) is 10.1 Å². The van der Waals surface area contributed by atoms with Crippen molar-refractivity contribution in [2.75, 3.05) is 20.2 Å². The van der Waals surface area contributed by atoms with Crippen molar-refractivity contribution < 1.29 is 18.3 Å². The Bertz CT molecular complexity index is 606. The van der Waals surface area contributed by atoms with Gasteiger partial charge in [0.1, 0.15) is 5.75 Å². The molecule has 1 aliphatic carbocycles. The van der Waals surface area contributed by atoms with Gasteiger partial charge in [0.25, 0.3) is 5.92 Å². The molecule has 1 saturated carbocycles. The van der Waals surface area contributed by atoms with E-state index in [-0.39, 0.29) is 23.7 Å². The van der Waals surface area contributed by atoms with Crippen LogP contribution in [0.15, 0.2) is 24.3 Å². The summed E-state index contributed by atoms with van der Waals surface area (Å²) in [5.74, 6) is -2.32. The summed E-state index contributed by atoms with van der Waals surface area (Å²) in [4.78, 5) is 12.3. The SMILES string of the molecule is COc1ccccc1C1(CNC(=O)C2CC(F)(F)CN2)CCCC1.Cl. The van der Waals surface area contributed by atoms with E-state index in [1.165, 1.54) is 0 Å². The first-order valence-corrected chi connectivity index (χ1v) is 8.48. The van der Waals surface area contributed by atoms with Gasteiger partial charge in [-0.15, -0.1) is 12.4 Å². The first-order valence-electron chi connectivity index (χ1n) is 8.48. The van der Waals surface area contributed by atoms with Crippen LogP contribution < -0.4 is 15.4 Å². The van der Waals surface area contributed by atoms with E-state index in [9.17, 15) is 13.6 Å². The summed E-state index contributed by atoms with van der Waals surface area (Å²) in [5.41, 5.74) is 0.915. The van der Waals surface area contributed by atoms with E-state index in [1.807, 2.05) is 24.3 Å². The number of hydrogen-bond donors (Lipinski definition) is 2. The average molecular weight is 375 g/mol. The second-order valence-corrected chi connectivity index (χ2v) is 6.90. The van der Waals surface area contributed by atoms with Crippen molar-refractivity contribution in [3.63, 3.8) is 0 Å². The van der Waals surface area contributed by atoms with Gasteiger partial charge >= 0.3 is 0 Å².